The summed E-state index contributed by atoms with van der Waals surface area (Å²) in [7, 11) is 0. The third-order valence-electron chi connectivity index (χ3n) is 3.00. The Balaban J connectivity index is 2.63. The van der Waals surface area contributed by atoms with Crippen LogP contribution in [0.4, 0.5) is 5.82 Å². The Morgan fingerprint density at radius 1 is 0.938 bits per heavy atom. The first kappa shape index (κ1) is 10.7. The normalized spacial score (nSPS) is 10.4. The summed E-state index contributed by atoms with van der Waals surface area (Å²) in [5.41, 5.74) is 11.6. The van der Waals surface area contributed by atoms with Crippen LogP contribution in [0.1, 0.15) is 16.8 Å². The Bertz CT molecular complexity index is 530. The van der Waals surface area contributed by atoms with Crippen LogP contribution in [0.5, 0.6) is 0 Å². The molecule has 1 aromatic carbocycles. The van der Waals surface area contributed by atoms with Gasteiger partial charge in [-0.25, -0.2) is 4.98 Å². The molecule has 0 aliphatic heterocycles. The van der Waals surface area contributed by atoms with Crippen LogP contribution in [0, 0.1) is 20.8 Å². The van der Waals surface area contributed by atoms with E-state index in [-0.39, 0.29) is 0 Å². The van der Waals surface area contributed by atoms with Crippen LogP contribution in [-0.4, -0.2) is 4.98 Å². The van der Waals surface area contributed by atoms with Crippen LogP contribution in [0.15, 0.2) is 30.3 Å². The van der Waals surface area contributed by atoms with Crippen molar-refractivity contribution in [3.05, 3.63) is 47.2 Å². The van der Waals surface area contributed by atoms with Crippen LogP contribution in [0.3, 0.4) is 0 Å². The second-order valence-electron chi connectivity index (χ2n) is 4.12. The van der Waals surface area contributed by atoms with Crippen molar-refractivity contribution in [2.45, 2.75) is 20.8 Å². The number of anilines is 1. The second-order valence-corrected chi connectivity index (χ2v) is 4.12. The highest BCUT2D eigenvalue weighted by Gasteiger charge is 2.07. The van der Waals surface area contributed by atoms with Crippen molar-refractivity contribution in [2.75, 3.05) is 5.73 Å². The fraction of sp³-hybridized carbons (Fsp3) is 0.214. The molecule has 0 amide bonds. The highest BCUT2D eigenvalue weighted by atomic mass is 14.8. The molecule has 0 spiro atoms. The molecule has 2 heteroatoms. The summed E-state index contributed by atoms with van der Waals surface area (Å²) in [5.74, 6) is 0.576. The van der Waals surface area contributed by atoms with E-state index >= 15 is 0 Å². The molecule has 2 rings (SSSR count). The predicted molar refractivity (Wildman–Crippen MR) is 68.3 cm³/mol. The number of aromatic nitrogens is 1. The Labute approximate surface area is 96.1 Å². The Kier molecular flexibility index (Phi) is 2.65. The van der Waals surface area contributed by atoms with E-state index in [2.05, 4.69) is 37.0 Å². The van der Waals surface area contributed by atoms with Gasteiger partial charge in [0, 0.05) is 11.3 Å². The third kappa shape index (κ3) is 1.78. The average Bonchev–Trinajstić information content (AvgIpc) is 2.23. The van der Waals surface area contributed by atoms with Crippen molar-refractivity contribution in [1.82, 2.24) is 4.98 Å². The van der Waals surface area contributed by atoms with Gasteiger partial charge >= 0.3 is 0 Å². The van der Waals surface area contributed by atoms with Crippen molar-refractivity contribution in [1.29, 1.82) is 0 Å². The maximum atomic E-state index is 5.66. The van der Waals surface area contributed by atoms with Gasteiger partial charge in [0.15, 0.2) is 0 Å². The van der Waals surface area contributed by atoms with E-state index in [1.165, 1.54) is 16.7 Å². The van der Waals surface area contributed by atoms with E-state index in [4.69, 9.17) is 5.73 Å². The maximum absolute atomic E-state index is 5.66. The van der Waals surface area contributed by atoms with Crippen LogP contribution >= 0.6 is 0 Å². The number of nitrogens with zero attached hydrogens (tertiary/aromatic N) is 1. The largest absolute Gasteiger partial charge is 0.384 e. The molecule has 1 aromatic heterocycles. The molecule has 2 nitrogen and oxygen atoms in total. The van der Waals surface area contributed by atoms with Crippen molar-refractivity contribution in [2.24, 2.45) is 0 Å². The molecule has 0 bridgehead atoms. The van der Waals surface area contributed by atoms with Crippen molar-refractivity contribution in [3.63, 3.8) is 0 Å². The predicted octanol–water partition coefficient (Wildman–Crippen LogP) is 3.26. The van der Waals surface area contributed by atoms with Gasteiger partial charge in [0.2, 0.25) is 0 Å². The van der Waals surface area contributed by atoms with E-state index < -0.39 is 0 Å². The molecule has 0 radical (unpaired) electrons. The quantitative estimate of drug-likeness (QED) is 0.788. The maximum Gasteiger partial charge on any atom is 0.123 e. The number of rotatable bonds is 1. The molecule has 0 saturated carbocycles. The first-order valence-electron chi connectivity index (χ1n) is 5.39. The number of nitrogen functional groups attached to an aromatic ring is 1. The lowest BCUT2D eigenvalue weighted by molar-refractivity contribution is 1.20. The molecule has 2 N–H and O–H groups in total. The molecule has 82 valence electrons. The Morgan fingerprint density at radius 2 is 1.69 bits per heavy atom. The lowest BCUT2D eigenvalue weighted by atomic mass is 9.96. The van der Waals surface area contributed by atoms with E-state index in [1.807, 2.05) is 19.1 Å². The molecule has 0 atom stereocenters. The highest BCUT2D eigenvalue weighted by molar-refractivity contribution is 5.71. The van der Waals surface area contributed by atoms with E-state index in [1.54, 1.807) is 0 Å². The summed E-state index contributed by atoms with van der Waals surface area (Å²) in [4.78, 5) is 4.30. The molecule has 0 unspecified atom stereocenters. The lowest BCUT2D eigenvalue weighted by Crippen LogP contribution is -1.95. The third-order valence-corrected chi connectivity index (χ3v) is 3.00. The van der Waals surface area contributed by atoms with Gasteiger partial charge in [0.1, 0.15) is 5.82 Å². The zero-order valence-electron chi connectivity index (χ0n) is 9.91. The molecule has 0 aliphatic carbocycles. The molecular formula is C14H16N2. The number of benzene rings is 1. The minimum Gasteiger partial charge on any atom is -0.384 e. The molecule has 0 fully saturated rings. The summed E-state index contributed by atoms with van der Waals surface area (Å²) < 4.78 is 0. The summed E-state index contributed by atoms with van der Waals surface area (Å²) in [6.07, 6.45) is 0. The van der Waals surface area contributed by atoms with E-state index in [0.29, 0.717) is 5.82 Å². The van der Waals surface area contributed by atoms with Gasteiger partial charge in [-0.3, -0.25) is 0 Å². The Morgan fingerprint density at radius 3 is 2.38 bits per heavy atom. The highest BCUT2D eigenvalue weighted by Crippen LogP contribution is 2.27. The van der Waals surface area contributed by atoms with Gasteiger partial charge in [-0.05, 0) is 49.6 Å². The number of aryl methyl sites for hydroxylation is 2. The van der Waals surface area contributed by atoms with Crippen molar-refractivity contribution >= 4 is 5.82 Å². The zero-order chi connectivity index (χ0) is 11.7. The molecule has 1 heterocycles. The van der Waals surface area contributed by atoms with Gasteiger partial charge in [-0.1, -0.05) is 18.2 Å². The molecule has 2 aromatic rings. The lowest BCUT2D eigenvalue weighted by Gasteiger charge is -2.11. The molecule has 16 heavy (non-hydrogen) atoms. The topological polar surface area (TPSA) is 38.9 Å². The van der Waals surface area contributed by atoms with Gasteiger partial charge in [0.25, 0.3) is 0 Å². The second kappa shape index (κ2) is 3.97. The smallest absolute Gasteiger partial charge is 0.123 e. The fourth-order valence-electron chi connectivity index (χ4n) is 1.91. The van der Waals surface area contributed by atoms with Crippen molar-refractivity contribution in [3.8, 4) is 11.1 Å². The summed E-state index contributed by atoms with van der Waals surface area (Å²) in [5, 5.41) is 0. The molecule has 0 aliphatic rings. The number of hydrogen-bond acceptors (Lipinski definition) is 2. The molecule has 0 saturated heterocycles. The van der Waals surface area contributed by atoms with Crippen LogP contribution in [0.25, 0.3) is 11.1 Å². The monoisotopic (exact) mass is 212 g/mol. The SMILES string of the molecule is Cc1cccc(-c2ccc(N)nc2C)c1C. The average molecular weight is 212 g/mol. The van der Waals surface area contributed by atoms with Gasteiger partial charge in [0.05, 0.1) is 0 Å². The van der Waals surface area contributed by atoms with Crippen LogP contribution in [0.2, 0.25) is 0 Å². The minimum atomic E-state index is 0.576. The van der Waals surface area contributed by atoms with Crippen LogP contribution in [-0.2, 0) is 0 Å². The first-order valence-corrected chi connectivity index (χ1v) is 5.39. The van der Waals surface area contributed by atoms with Crippen molar-refractivity contribution < 1.29 is 0 Å². The number of hydrogen-bond donors (Lipinski definition) is 1. The van der Waals surface area contributed by atoms with E-state index in [0.717, 1.165) is 11.3 Å². The summed E-state index contributed by atoms with van der Waals surface area (Å²) >= 11 is 0. The van der Waals surface area contributed by atoms with Gasteiger partial charge < -0.3 is 5.73 Å². The van der Waals surface area contributed by atoms with Gasteiger partial charge in [-0.2, -0.15) is 0 Å². The van der Waals surface area contributed by atoms with Gasteiger partial charge in [-0.15, -0.1) is 0 Å². The number of pyridine rings is 1. The first-order chi connectivity index (χ1) is 7.59. The minimum absolute atomic E-state index is 0.576. The van der Waals surface area contributed by atoms with Crippen LogP contribution < -0.4 is 5.73 Å². The fourth-order valence-corrected chi connectivity index (χ4v) is 1.91. The summed E-state index contributed by atoms with van der Waals surface area (Å²) in [6.45, 7) is 6.26. The zero-order valence-corrected chi connectivity index (χ0v) is 9.91. The Hall–Kier alpha value is -1.83. The summed E-state index contributed by atoms with van der Waals surface area (Å²) in [6, 6.07) is 10.2. The molecular weight excluding hydrogens is 196 g/mol. The van der Waals surface area contributed by atoms with E-state index in [9.17, 15) is 0 Å². The standard InChI is InChI=1S/C14H16N2/c1-9-5-4-6-12(10(9)2)13-7-8-14(15)16-11(13)3/h4-8H,1-3H3,(H2,15,16). The number of nitrogens with two attached hydrogens (primary N) is 1.